The molecular formula is C18H21NO. The fourth-order valence-electron chi connectivity index (χ4n) is 1.88. The molecule has 0 amide bonds. The van der Waals surface area contributed by atoms with E-state index in [0.717, 1.165) is 30.7 Å². The molecule has 1 aliphatic rings. The van der Waals surface area contributed by atoms with Gasteiger partial charge in [0.15, 0.2) is 0 Å². The van der Waals surface area contributed by atoms with Gasteiger partial charge in [-0.2, -0.15) is 0 Å². The van der Waals surface area contributed by atoms with Crippen molar-refractivity contribution in [2.75, 3.05) is 6.61 Å². The van der Waals surface area contributed by atoms with Gasteiger partial charge in [-0.1, -0.05) is 49.5 Å². The average molecular weight is 267 g/mol. The van der Waals surface area contributed by atoms with E-state index in [4.69, 9.17) is 4.74 Å². The maximum Gasteiger partial charge on any atom is 0.138 e. The Balaban J connectivity index is 1.87. The standard InChI is InChI=1S/C18H21NO/c1-3-15(2)12-17-10-11-18(13-19-17)20-14-16-8-6-4-5-7-9-16/h4-6,8-11,13H,2-3,7,12,14H2,1H3. The summed E-state index contributed by atoms with van der Waals surface area (Å²) < 4.78 is 5.76. The molecule has 0 saturated heterocycles. The van der Waals surface area contributed by atoms with Crippen LogP contribution in [0.4, 0.5) is 0 Å². The van der Waals surface area contributed by atoms with Gasteiger partial charge in [0.05, 0.1) is 6.20 Å². The third-order valence-electron chi connectivity index (χ3n) is 3.21. The lowest BCUT2D eigenvalue weighted by molar-refractivity contribution is 0.353. The summed E-state index contributed by atoms with van der Waals surface area (Å²) in [7, 11) is 0. The predicted octanol–water partition coefficient (Wildman–Crippen LogP) is 4.41. The average Bonchev–Trinajstić information content (AvgIpc) is 2.75. The van der Waals surface area contributed by atoms with Crippen LogP contribution in [0.2, 0.25) is 0 Å². The molecule has 0 bridgehead atoms. The van der Waals surface area contributed by atoms with Crippen LogP contribution in [0.1, 0.15) is 25.5 Å². The van der Waals surface area contributed by atoms with Gasteiger partial charge in [0.1, 0.15) is 12.4 Å². The number of allylic oxidation sites excluding steroid dienone is 5. The van der Waals surface area contributed by atoms with Crippen molar-refractivity contribution in [2.45, 2.75) is 26.2 Å². The highest BCUT2D eigenvalue weighted by molar-refractivity contribution is 5.28. The topological polar surface area (TPSA) is 22.1 Å². The first-order valence-corrected chi connectivity index (χ1v) is 7.04. The van der Waals surface area contributed by atoms with E-state index < -0.39 is 0 Å². The number of ether oxygens (including phenoxy) is 1. The van der Waals surface area contributed by atoms with Crippen LogP contribution < -0.4 is 4.74 Å². The van der Waals surface area contributed by atoms with Crippen molar-refractivity contribution in [1.82, 2.24) is 4.98 Å². The zero-order chi connectivity index (χ0) is 14.2. The van der Waals surface area contributed by atoms with E-state index in [0.29, 0.717) is 6.61 Å². The highest BCUT2D eigenvalue weighted by Crippen LogP contribution is 2.14. The highest BCUT2D eigenvalue weighted by atomic mass is 16.5. The lowest BCUT2D eigenvalue weighted by atomic mass is 10.1. The molecule has 20 heavy (non-hydrogen) atoms. The fourth-order valence-corrected chi connectivity index (χ4v) is 1.88. The monoisotopic (exact) mass is 267 g/mol. The molecule has 2 nitrogen and oxygen atoms in total. The Morgan fingerprint density at radius 2 is 2.25 bits per heavy atom. The lowest BCUT2D eigenvalue weighted by Gasteiger charge is -2.08. The Labute approximate surface area is 121 Å². The van der Waals surface area contributed by atoms with Gasteiger partial charge < -0.3 is 4.74 Å². The van der Waals surface area contributed by atoms with Crippen LogP contribution in [0, 0.1) is 0 Å². The maximum atomic E-state index is 5.76. The second kappa shape index (κ2) is 7.49. The number of pyridine rings is 1. The van der Waals surface area contributed by atoms with Crippen LogP contribution in [0.25, 0.3) is 0 Å². The summed E-state index contributed by atoms with van der Waals surface area (Å²) in [6.45, 7) is 6.70. The minimum atomic E-state index is 0.584. The van der Waals surface area contributed by atoms with Gasteiger partial charge in [0.2, 0.25) is 0 Å². The Kier molecular flexibility index (Phi) is 5.36. The fraction of sp³-hybridized carbons (Fsp3) is 0.278. The summed E-state index contributed by atoms with van der Waals surface area (Å²) >= 11 is 0. The quantitative estimate of drug-likeness (QED) is 0.712. The zero-order valence-corrected chi connectivity index (χ0v) is 12.0. The van der Waals surface area contributed by atoms with Crippen molar-refractivity contribution in [3.8, 4) is 5.75 Å². The van der Waals surface area contributed by atoms with Crippen molar-refractivity contribution in [1.29, 1.82) is 0 Å². The minimum Gasteiger partial charge on any atom is -0.487 e. The van der Waals surface area contributed by atoms with Crippen LogP contribution in [0.3, 0.4) is 0 Å². The van der Waals surface area contributed by atoms with Crippen molar-refractivity contribution in [3.05, 3.63) is 72.1 Å². The molecule has 2 heteroatoms. The smallest absolute Gasteiger partial charge is 0.138 e. The number of hydrogen-bond acceptors (Lipinski definition) is 2. The second-order valence-electron chi connectivity index (χ2n) is 4.86. The van der Waals surface area contributed by atoms with Gasteiger partial charge in [0, 0.05) is 12.1 Å². The van der Waals surface area contributed by atoms with E-state index in [2.05, 4.69) is 42.8 Å². The number of aromatic nitrogens is 1. The Morgan fingerprint density at radius 3 is 3.00 bits per heavy atom. The molecule has 0 aliphatic heterocycles. The predicted molar refractivity (Wildman–Crippen MR) is 83.8 cm³/mol. The molecule has 0 aromatic carbocycles. The van der Waals surface area contributed by atoms with Gasteiger partial charge in [-0.3, -0.25) is 4.98 Å². The number of hydrogen-bond donors (Lipinski definition) is 0. The van der Waals surface area contributed by atoms with E-state index in [1.54, 1.807) is 6.20 Å². The molecule has 1 aromatic heterocycles. The van der Waals surface area contributed by atoms with Crippen molar-refractivity contribution < 1.29 is 4.74 Å². The number of nitrogens with zero attached hydrogens (tertiary/aromatic N) is 1. The second-order valence-corrected chi connectivity index (χ2v) is 4.86. The minimum absolute atomic E-state index is 0.584. The maximum absolute atomic E-state index is 5.76. The van der Waals surface area contributed by atoms with Crippen molar-refractivity contribution in [2.24, 2.45) is 0 Å². The van der Waals surface area contributed by atoms with E-state index in [-0.39, 0.29) is 0 Å². The SMILES string of the molecule is C=C(CC)Cc1ccc(OCC2=CCC=CC=C2)cn1. The summed E-state index contributed by atoms with van der Waals surface area (Å²) in [5, 5.41) is 0. The molecule has 1 aliphatic carbocycles. The molecule has 1 aromatic rings. The highest BCUT2D eigenvalue weighted by Gasteiger charge is 2.00. The largest absolute Gasteiger partial charge is 0.487 e. The first-order valence-electron chi connectivity index (χ1n) is 7.04. The number of rotatable bonds is 6. The van der Waals surface area contributed by atoms with Crippen molar-refractivity contribution in [3.63, 3.8) is 0 Å². The zero-order valence-electron chi connectivity index (χ0n) is 12.0. The molecule has 0 N–H and O–H groups in total. The summed E-state index contributed by atoms with van der Waals surface area (Å²) in [5.41, 5.74) is 3.44. The molecule has 104 valence electrons. The van der Waals surface area contributed by atoms with Gasteiger partial charge in [-0.15, -0.1) is 0 Å². The molecule has 2 rings (SSSR count). The normalized spacial score (nSPS) is 13.8. The molecule has 0 atom stereocenters. The van der Waals surface area contributed by atoms with E-state index in [1.807, 2.05) is 18.2 Å². The first kappa shape index (κ1) is 14.3. The lowest BCUT2D eigenvalue weighted by Crippen LogP contribution is -2.00. The van der Waals surface area contributed by atoms with Crippen LogP contribution >= 0.6 is 0 Å². The summed E-state index contributed by atoms with van der Waals surface area (Å²) in [6.07, 6.45) is 15.1. The van der Waals surface area contributed by atoms with Crippen LogP contribution in [0.5, 0.6) is 5.75 Å². The molecule has 1 heterocycles. The third-order valence-corrected chi connectivity index (χ3v) is 3.21. The van der Waals surface area contributed by atoms with Crippen LogP contribution in [-0.2, 0) is 6.42 Å². The van der Waals surface area contributed by atoms with Gasteiger partial charge in [-0.25, -0.2) is 0 Å². The Hall–Kier alpha value is -2.09. The summed E-state index contributed by atoms with van der Waals surface area (Å²) in [6, 6.07) is 3.99. The third kappa shape index (κ3) is 4.54. The summed E-state index contributed by atoms with van der Waals surface area (Å²) in [4.78, 5) is 4.41. The van der Waals surface area contributed by atoms with Crippen LogP contribution in [0.15, 0.2) is 66.4 Å². The Morgan fingerprint density at radius 1 is 1.35 bits per heavy atom. The molecule has 0 radical (unpaired) electrons. The van der Waals surface area contributed by atoms with E-state index in [9.17, 15) is 0 Å². The van der Waals surface area contributed by atoms with E-state index >= 15 is 0 Å². The van der Waals surface area contributed by atoms with Gasteiger partial charge >= 0.3 is 0 Å². The van der Waals surface area contributed by atoms with Crippen molar-refractivity contribution >= 4 is 0 Å². The molecule has 0 spiro atoms. The molecule has 0 unspecified atom stereocenters. The van der Waals surface area contributed by atoms with Gasteiger partial charge in [0.25, 0.3) is 0 Å². The first-order chi connectivity index (χ1) is 9.78. The molecule has 0 saturated carbocycles. The van der Waals surface area contributed by atoms with Gasteiger partial charge in [-0.05, 0) is 30.5 Å². The van der Waals surface area contributed by atoms with E-state index in [1.165, 1.54) is 11.1 Å². The van der Waals surface area contributed by atoms with Crippen LogP contribution in [-0.4, -0.2) is 11.6 Å². The molecule has 0 fully saturated rings. The Bertz CT molecular complexity index is 535. The summed E-state index contributed by atoms with van der Waals surface area (Å²) in [5.74, 6) is 0.808. The molecular weight excluding hydrogens is 246 g/mol.